The van der Waals surface area contributed by atoms with Crippen molar-refractivity contribution in [2.45, 2.75) is 70.5 Å². The molecule has 5 heteroatoms. The van der Waals surface area contributed by atoms with Gasteiger partial charge in [-0.05, 0) is 117 Å². The number of methoxy groups -OCH3 is 1. The highest BCUT2D eigenvalue weighted by molar-refractivity contribution is 14.1. The molecule has 6 aromatic carbocycles. The highest BCUT2D eigenvalue weighted by Crippen LogP contribution is 2.58. The number of benzene rings is 6. The summed E-state index contributed by atoms with van der Waals surface area (Å²) in [6.45, 7) is 7.08. The van der Waals surface area contributed by atoms with E-state index in [1.807, 2.05) is 54.6 Å². The van der Waals surface area contributed by atoms with Crippen molar-refractivity contribution >= 4 is 45.4 Å². The molecule has 8 rings (SSSR count). The molecule has 1 unspecified atom stereocenters. The molecule has 0 radical (unpaired) electrons. The molecule has 0 amide bonds. The number of carbonyl (C=O) groups is 1. The molecule has 6 aromatic rings. The first-order valence-corrected chi connectivity index (χ1v) is 20.1. The zero-order valence-electron chi connectivity index (χ0n) is 31.4. The quantitative estimate of drug-likeness (QED) is 0.0742. The topological polar surface area (TPSA) is 44.8 Å². The molecular weight excluding hydrogens is 779 g/mol. The van der Waals surface area contributed by atoms with Crippen molar-refractivity contribution in [1.82, 2.24) is 0 Å². The molecule has 4 nitrogen and oxygen atoms in total. The lowest BCUT2D eigenvalue weighted by Crippen LogP contribution is -2.35. The predicted octanol–water partition coefficient (Wildman–Crippen LogP) is 12.6. The van der Waals surface area contributed by atoms with Gasteiger partial charge in [0.05, 0.1) is 12.7 Å². The molecule has 1 heterocycles. The third-order valence-electron chi connectivity index (χ3n) is 11.3. The molecule has 54 heavy (non-hydrogen) atoms. The molecule has 0 aromatic heterocycles. The van der Waals surface area contributed by atoms with Crippen LogP contribution in [0.2, 0.25) is 0 Å². The van der Waals surface area contributed by atoms with E-state index in [1.165, 1.54) is 57.1 Å². The van der Waals surface area contributed by atoms with Crippen LogP contribution in [0.3, 0.4) is 0 Å². The van der Waals surface area contributed by atoms with E-state index in [9.17, 15) is 4.79 Å². The van der Waals surface area contributed by atoms with Gasteiger partial charge in [0.15, 0.2) is 5.60 Å². The number of rotatable bonds is 11. The van der Waals surface area contributed by atoms with Crippen LogP contribution in [0.25, 0.3) is 28.0 Å². The number of carbonyl (C=O) groups excluding carboxylic acids is 1. The summed E-state index contributed by atoms with van der Waals surface area (Å²) in [7, 11) is 1.69. The van der Waals surface area contributed by atoms with Crippen LogP contribution in [-0.2, 0) is 28.8 Å². The normalized spacial score (nSPS) is 16.3. The number of fused-ring (bicyclic) bond motifs is 8. The SMILES string of the molecule is CCCCCCc1ccc(C2(c3ccc(OC)cc3)C=Cc3c4c(c5ccc(C(=O)OCc6ccccc6)cc5c3O2)-c2ccc(I)cc2C4(C)C)cc1. The van der Waals surface area contributed by atoms with Gasteiger partial charge in [0.25, 0.3) is 0 Å². The van der Waals surface area contributed by atoms with Gasteiger partial charge in [-0.2, -0.15) is 0 Å². The minimum atomic E-state index is -0.935. The van der Waals surface area contributed by atoms with Crippen LogP contribution in [0.4, 0.5) is 0 Å². The molecule has 0 N–H and O–H groups in total. The van der Waals surface area contributed by atoms with Crippen molar-refractivity contribution in [3.8, 4) is 22.6 Å². The standard InChI is InChI=1S/C49H45IO4/c1-5-6-7-9-12-32-15-18-35(19-16-32)49(36-20-23-38(52-4)24-21-36)28-27-41-45-44(40-26-22-37(50)30-43(40)48(45,2)3)39-25-17-34(29-42(39)46(41)54-49)47(51)53-31-33-13-10-8-11-14-33/h8,10-11,13-30H,5-7,9,12,31H2,1-4H3. The average Bonchev–Trinajstić information content (AvgIpc) is 3.44. The number of halogens is 1. The summed E-state index contributed by atoms with van der Waals surface area (Å²) in [6, 6.07) is 39.6. The van der Waals surface area contributed by atoms with Crippen LogP contribution in [0.15, 0.2) is 121 Å². The Morgan fingerprint density at radius 1 is 0.778 bits per heavy atom. The number of hydrogen-bond donors (Lipinski definition) is 0. The lowest BCUT2D eigenvalue weighted by Gasteiger charge is -2.38. The van der Waals surface area contributed by atoms with Crippen molar-refractivity contribution < 1.29 is 19.0 Å². The Balaban J connectivity index is 1.31. The smallest absolute Gasteiger partial charge is 0.338 e. The van der Waals surface area contributed by atoms with Gasteiger partial charge in [-0.15, -0.1) is 0 Å². The number of hydrogen-bond acceptors (Lipinski definition) is 4. The summed E-state index contributed by atoms with van der Waals surface area (Å²) in [4.78, 5) is 13.7. The molecule has 0 saturated carbocycles. The summed E-state index contributed by atoms with van der Waals surface area (Å²) in [5.41, 5.74) is 9.56. The Morgan fingerprint density at radius 2 is 1.52 bits per heavy atom. The van der Waals surface area contributed by atoms with E-state index in [-0.39, 0.29) is 18.0 Å². The van der Waals surface area contributed by atoms with Gasteiger partial charge in [-0.1, -0.05) is 125 Å². The molecule has 0 saturated heterocycles. The van der Waals surface area contributed by atoms with Gasteiger partial charge in [-0.25, -0.2) is 4.79 Å². The largest absolute Gasteiger partial charge is 0.497 e. The second-order valence-corrected chi connectivity index (χ2v) is 16.3. The zero-order valence-corrected chi connectivity index (χ0v) is 33.5. The summed E-state index contributed by atoms with van der Waals surface area (Å²) in [5, 5.41) is 1.94. The number of esters is 1. The summed E-state index contributed by atoms with van der Waals surface area (Å²) in [5.74, 6) is 1.18. The van der Waals surface area contributed by atoms with Crippen LogP contribution < -0.4 is 9.47 Å². The Bertz CT molecular complexity index is 2380. The minimum absolute atomic E-state index is 0.203. The third-order valence-corrected chi connectivity index (χ3v) is 11.9. The maximum Gasteiger partial charge on any atom is 0.338 e. The summed E-state index contributed by atoms with van der Waals surface area (Å²) >= 11 is 2.41. The first-order chi connectivity index (χ1) is 26.2. The van der Waals surface area contributed by atoms with Crippen molar-refractivity contribution in [3.05, 3.63) is 169 Å². The Labute approximate surface area is 332 Å². The van der Waals surface area contributed by atoms with Gasteiger partial charge in [0, 0.05) is 31.1 Å². The minimum Gasteiger partial charge on any atom is -0.497 e. The second kappa shape index (κ2) is 14.7. The van der Waals surface area contributed by atoms with Crippen LogP contribution in [0.1, 0.15) is 95.8 Å². The van der Waals surface area contributed by atoms with Crippen molar-refractivity contribution in [2.24, 2.45) is 0 Å². The fourth-order valence-corrected chi connectivity index (χ4v) is 8.87. The highest BCUT2D eigenvalue weighted by Gasteiger charge is 2.44. The molecule has 0 bridgehead atoms. The number of aryl methyl sites for hydroxylation is 1. The maximum atomic E-state index is 13.7. The van der Waals surface area contributed by atoms with Crippen LogP contribution >= 0.6 is 22.6 Å². The van der Waals surface area contributed by atoms with E-state index in [0.29, 0.717) is 5.56 Å². The van der Waals surface area contributed by atoms with Gasteiger partial charge in [0.1, 0.15) is 18.1 Å². The fourth-order valence-electron chi connectivity index (χ4n) is 8.38. The van der Waals surface area contributed by atoms with Crippen molar-refractivity contribution in [2.75, 3.05) is 7.11 Å². The maximum absolute atomic E-state index is 13.7. The highest BCUT2D eigenvalue weighted by atomic mass is 127. The molecule has 272 valence electrons. The van der Waals surface area contributed by atoms with E-state index in [1.54, 1.807) is 7.11 Å². The summed E-state index contributed by atoms with van der Waals surface area (Å²) in [6.07, 6.45) is 10.5. The van der Waals surface area contributed by atoms with Crippen LogP contribution in [0.5, 0.6) is 11.5 Å². The van der Waals surface area contributed by atoms with Gasteiger partial charge in [0.2, 0.25) is 0 Å². The van der Waals surface area contributed by atoms with Gasteiger partial charge in [-0.3, -0.25) is 0 Å². The van der Waals surface area contributed by atoms with Crippen molar-refractivity contribution in [1.29, 1.82) is 0 Å². The Kier molecular flexibility index (Phi) is 9.86. The van der Waals surface area contributed by atoms with E-state index in [4.69, 9.17) is 14.2 Å². The molecule has 1 aliphatic carbocycles. The zero-order chi connectivity index (χ0) is 37.5. The van der Waals surface area contributed by atoms with E-state index in [2.05, 4.69) is 116 Å². The van der Waals surface area contributed by atoms with Crippen LogP contribution in [-0.4, -0.2) is 13.1 Å². The fraction of sp³-hybridized carbons (Fsp3) is 0.245. The van der Waals surface area contributed by atoms with Crippen LogP contribution in [0, 0.1) is 3.57 Å². The lowest BCUT2D eigenvalue weighted by atomic mass is 9.76. The number of unbranched alkanes of at least 4 members (excludes halogenated alkanes) is 3. The Hall–Kier alpha value is -4.88. The third kappa shape index (κ3) is 6.40. The summed E-state index contributed by atoms with van der Waals surface area (Å²) < 4.78 is 20.2. The molecule has 1 aliphatic heterocycles. The molecule has 1 atom stereocenters. The molecule has 2 aliphatic rings. The first-order valence-electron chi connectivity index (χ1n) is 19.0. The van der Waals surface area contributed by atoms with E-state index >= 15 is 0 Å². The average molecular weight is 825 g/mol. The van der Waals surface area contributed by atoms with E-state index in [0.717, 1.165) is 50.9 Å². The predicted molar refractivity (Wildman–Crippen MR) is 228 cm³/mol. The number of ether oxygens (including phenoxy) is 3. The Morgan fingerprint density at radius 3 is 2.24 bits per heavy atom. The van der Waals surface area contributed by atoms with E-state index < -0.39 is 5.60 Å². The lowest BCUT2D eigenvalue weighted by molar-refractivity contribution is 0.0473. The first kappa shape index (κ1) is 36.1. The second-order valence-electron chi connectivity index (χ2n) is 15.0. The van der Waals surface area contributed by atoms with Crippen molar-refractivity contribution in [3.63, 3.8) is 0 Å². The van der Waals surface area contributed by atoms with Gasteiger partial charge < -0.3 is 14.2 Å². The van der Waals surface area contributed by atoms with Gasteiger partial charge >= 0.3 is 5.97 Å². The monoisotopic (exact) mass is 824 g/mol. The molecule has 0 spiro atoms. The molecular formula is C49H45IO4. The molecule has 0 fully saturated rings.